The van der Waals surface area contributed by atoms with Gasteiger partial charge in [-0.15, -0.1) is 24.5 Å². The summed E-state index contributed by atoms with van der Waals surface area (Å²) in [7, 11) is 0. The second kappa shape index (κ2) is 2.49. The van der Waals surface area contributed by atoms with E-state index in [-0.39, 0.29) is 5.06 Å². The molecule has 0 unspecified atom stereocenters. The molecule has 0 saturated heterocycles. The van der Waals surface area contributed by atoms with Crippen molar-refractivity contribution in [1.29, 1.82) is 0 Å². The molecule has 0 saturated carbocycles. The molecule has 1 heterocycles. The molecule has 1 aromatic rings. The summed E-state index contributed by atoms with van der Waals surface area (Å²) in [6.45, 7) is 0. The first kappa shape index (κ1) is 7.40. The van der Waals surface area contributed by atoms with Gasteiger partial charge in [-0.1, -0.05) is 0 Å². The van der Waals surface area contributed by atoms with E-state index in [1.807, 2.05) is 0 Å². The quantitative estimate of drug-likeness (QED) is 0.624. The minimum Gasteiger partial charge on any atom is -0.396 e. The molecule has 1 radical (unpaired) electrons. The number of hydrogen-bond acceptors (Lipinski definition) is 2. The van der Waals surface area contributed by atoms with Crippen LogP contribution in [0.3, 0.4) is 0 Å². The van der Waals surface area contributed by atoms with E-state index >= 15 is 0 Å². The normalized spacial score (nSPS) is 11.5. The Balaban J connectivity index is 2.57. The molecule has 55 valence electrons. The van der Waals surface area contributed by atoms with Crippen molar-refractivity contribution in [2.24, 2.45) is 0 Å². The summed E-state index contributed by atoms with van der Waals surface area (Å²) < 4.78 is 37.7. The van der Waals surface area contributed by atoms with Gasteiger partial charge in [-0.2, -0.15) is 0 Å². The lowest BCUT2D eigenvalue weighted by Crippen LogP contribution is -2.16. The second-order valence-electron chi connectivity index (χ2n) is 1.41. The number of hydrogen-bond donors (Lipinski definition) is 0. The summed E-state index contributed by atoms with van der Waals surface area (Å²) in [4.78, 5) is 0. The van der Waals surface area contributed by atoms with Crippen LogP contribution >= 0.6 is 11.3 Å². The predicted molar refractivity (Wildman–Crippen MR) is 29.8 cm³/mol. The first-order valence-corrected chi connectivity index (χ1v) is 3.16. The minimum absolute atomic E-state index is 0.187. The van der Waals surface area contributed by atoms with Crippen LogP contribution in [0.4, 0.5) is 13.2 Å². The van der Waals surface area contributed by atoms with Crippen LogP contribution in [0.2, 0.25) is 0 Å². The maximum atomic E-state index is 11.4. The fraction of sp³-hybridized carbons (Fsp3) is 0.200. The van der Waals surface area contributed by atoms with Crippen LogP contribution < -0.4 is 4.74 Å². The molecule has 0 bridgehead atoms. The lowest BCUT2D eigenvalue weighted by Gasteiger charge is -2.04. The van der Waals surface area contributed by atoms with Gasteiger partial charge in [0.2, 0.25) is 0 Å². The molecular formula is C5H2F3OS. The highest BCUT2D eigenvalue weighted by Gasteiger charge is 2.31. The van der Waals surface area contributed by atoms with Gasteiger partial charge in [-0.25, -0.2) is 0 Å². The van der Waals surface area contributed by atoms with Crippen LogP contribution in [0.5, 0.6) is 5.06 Å². The molecule has 5 heteroatoms. The van der Waals surface area contributed by atoms with Gasteiger partial charge < -0.3 is 4.74 Å². The summed E-state index contributed by atoms with van der Waals surface area (Å²) in [5, 5.41) is 1.20. The van der Waals surface area contributed by atoms with Crippen molar-refractivity contribution in [3.8, 4) is 5.06 Å². The van der Waals surface area contributed by atoms with Gasteiger partial charge in [-0.05, 0) is 12.1 Å². The van der Waals surface area contributed by atoms with Crippen LogP contribution in [-0.4, -0.2) is 6.36 Å². The predicted octanol–water partition coefficient (Wildman–Crippen LogP) is 2.45. The number of thiophene rings is 1. The Morgan fingerprint density at radius 3 is 2.60 bits per heavy atom. The lowest BCUT2D eigenvalue weighted by molar-refractivity contribution is -0.273. The lowest BCUT2D eigenvalue weighted by atomic mass is 10.7. The first-order valence-electron chi connectivity index (χ1n) is 2.28. The van der Waals surface area contributed by atoms with Crippen LogP contribution in [0, 0.1) is 6.07 Å². The van der Waals surface area contributed by atoms with Gasteiger partial charge in [-0.3, -0.25) is 0 Å². The van der Waals surface area contributed by atoms with E-state index in [2.05, 4.69) is 10.8 Å². The first-order chi connectivity index (χ1) is 4.58. The van der Waals surface area contributed by atoms with Crippen LogP contribution in [0.15, 0.2) is 11.4 Å². The van der Waals surface area contributed by atoms with Crippen LogP contribution in [0.25, 0.3) is 0 Å². The van der Waals surface area contributed by atoms with Crippen molar-refractivity contribution in [1.82, 2.24) is 0 Å². The van der Waals surface area contributed by atoms with Crippen molar-refractivity contribution in [3.05, 3.63) is 17.5 Å². The van der Waals surface area contributed by atoms with E-state index in [9.17, 15) is 13.2 Å². The minimum atomic E-state index is -4.58. The van der Waals surface area contributed by atoms with Crippen molar-refractivity contribution in [3.63, 3.8) is 0 Å². The average molecular weight is 167 g/mol. The molecule has 0 fully saturated rings. The van der Waals surface area contributed by atoms with Crippen LogP contribution in [0.1, 0.15) is 0 Å². The SMILES string of the molecule is FC(F)(F)Oc1c[c]cs1. The summed E-state index contributed by atoms with van der Waals surface area (Å²) >= 11 is 0.852. The highest BCUT2D eigenvalue weighted by molar-refractivity contribution is 7.11. The van der Waals surface area contributed by atoms with Gasteiger partial charge in [0.15, 0.2) is 5.06 Å². The third-order valence-corrected chi connectivity index (χ3v) is 1.35. The molecule has 0 aliphatic heterocycles. The molecule has 0 amide bonds. The van der Waals surface area contributed by atoms with E-state index in [1.165, 1.54) is 5.38 Å². The maximum absolute atomic E-state index is 11.4. The smallest absolute Gasteiger partial charge is 0.396 e. The monoisotopic (exact) mass is 167 g/mol. The zero-order chi connectivity index (χ0) is 7.61. The molecule has 0 aliphatic carbocycles. The summed E-state index contributed by atoms with van der Waals surface area (Å²) in [5.74, 6) is 0. The number of ether oxygens (including phenoxy) is 1. The van der Waals surface area contributed by atoms with Crippen molar-refractivity contribution in [2.75, 3.05) is 0 Å². The maximum Gasteiger partial charge on any atom is 0.573 e. The van der Waals surface area contributed by atoms with Gasteiger partial charge in [0.05, 0.1) is 0 Å². The largest absolute Gasteiger partial charge is 0.573 e. The summed E-state index contributed by atoms with van der Waals surface area (Å²) in [5.41, 5.74) is 0. The van der Waals surface area contributed by atoms with Gasteiger partial charge >= 0.3 is 6.36 Å². The van der Waals surface area contributed by atoms with E-state index in [1.54, 1.807) is 0 Å². The highest BCUT2D eigenvalue weighted by atomic mass is 32.1. The van der Waals surface area contributed by atoms with Crippen molar-refractivity contribution >= 4 is 11.3 Å². The van der Waals surface area contributed by atoms with Crippen molar-refractivity contribution in [2.45, 2.75) is 6.36 Å². The van der Waals surface area contributed by atoms with Gasteiger partial charge in [0, 0.05) is 5.38 Å². The third kappa shape index (κ3) is 2.26. The Labute approximate surface area is 59.0 Å². The van der Waals surface area contributed by atoms with E-state index in [4.69, 9.17) is 0 Å². The third-order valence-electron chi connectivity index (χ3n) is 0.661. The fourth-order valence-electron chi connectivity index (χ4n) is 0.396. The molecule has 1 aromatic heterocycles. The molecule has 0 N–H and O–H groups in total. The van der Waals surface area contributed by atoms with E-state index < -0.39 is 6.36 Å². The van der Waals surface area contributed by atoms with E-state index in [0.29, 0.717) is 0 Å². The Morgan fingerprint density at radius 2 is 2.20 bits per heavy atom. The second-order valence-corrected chi connectivity index (χ2v) is 2.29. The van der Waals surface area contributed by atoms with Gasteiger partial charge in [0.25, 0.3) is 0 Å². The molecule has 0 atom stereocenters. The molecule has 10 heavy (non-hydrogen) atoms. The average Bonchev–Trinajstić information content (AvgIpc) is 2.12. The fourth-order valence-corrected chi connectivity index (χ4v) is 0.927. The zero-order valence-electron chi connectivity index (χ0n) is 4.61. The number of rotatable bonds is 1. The summed E-state index contributed by atoms with van der Waals surface area (Å²) in [6, 6.07) is 3.58. The topological polar surface area (TPSA) is 9.23 Å². The number of halogens is 3. The highest BCUT2D eigenvalue weighted by Crippen LogP contribution is 2.26. The van der Waals surface area contributed by atoms with Crippen molar-refractivity contribution < 1.29 is 17.9 Å². The zero-order valence-corrected chi connectivity index (χ0v) is 5.42. The molecule has 1 rings (SSSR count). The van der Waals surface area contributed by atoms with Gasteiger partial charge in [0.1, 0.15) is 0 Å². The Kier molecular flexibility index (Phi) is 1.85. The van der Waals surface area contributed by atoms with E-state index in [0.717, 1.165) is 17.4 Å². The van der Waals surface area contributed by atoms with Crippen LogP contribution in [-0.2, 0) is 0 Å². The Hall–Kier alpha value is -0.710. The molecule has 0 aromatic carbocycles. The molecule has 0 spiro atoms. The standard InChI is InChI=1S/C5H2F3OS/c6-5(7,8)9-4-2-1-3-10-4/h2-3H. The number of alkyl halides is 3. The summed E-state index contributed by atoms with van der Waals surface area (Å²) in [6.07, 6.45) is -4.58. The molecule has 1 nitrogen and oxygen atoms in total. The Morgan fingerprint density at radius 1 is 1.50 bits per heavy atom. The molecular weight excluding hydrogens is 165 g/mol. The molecule has 0 aliphatic rings. The Bertz CT molecular complexity index is 191.